The van der Waals surface area contributed by atoms with Gasteiger partial charge in [0.25, 0.3) is 0 Å². The Morgan fingerprint density at radius 3 is 2.76 bits per heavy atom. The summed E-state index contributed by atoms with van der Waals surface area (Å²) in [6, 6.07) is 8.55. The van der Waals surface area contributed by atoms with Crippen LogP contribution >= 0.6 is 0 Å². The normalized spacial score (nSPS) is 29.1. The second-order valence-electron chi connectivity index (χ2n) is 7.47. The first kappa shape index (κ1) is 16.6. The van der Waals surface area contributed by atoms with Gasteiger partial charge in [-0.25, -0.2) is 0 Å². The Hall–Kier alpha value is -1.88. The monoisotopic (exact) mass is 341 g/mol. The van der Waals surface area contributed by atoms with Crippen LogP contribution in [0.2, 0.25) is 0 Å². The zero-order valence-electron chi connectivity index (χ0n) is 14.9. The highest BCUT2D eigenvalue weighted by Gasteiger charge is 2.41. The van der Waals surface area contributed by atoms with Crippen LogP contribution in [0.4, 0.5) is 5.69 Å². The number of hydrogen-bond donors (Lipinski definition) is 1. The van der Waals surface area contributed by atoms with Crippen molar-refractivity contribution in [2.75, 3.05) is 25.0 Å². The SMILES string of the molecule is CCN1CCCC1C1CCCN1C(=O)CC1C(=O)Nc2ccccc21. The first-order valence-electron chi connectivity index (χ1n) is 9.62. The van der Waals surface area contributed by atoms with Crippen molar-refractivity contribution in [1.29, 1.82) is 0 Å². The number of likely N-dealkylation sites (tertiary alicyclic amines) is 2. The summed E-state index contributed by atoms with van der Waals surface area (Å²) in [6.07, 6.45) is 4.89. The van der Waals surface area contributed by atoms with Gasteiger partial charge in [-0.15, -0.1) is 0 Å². The molecule has 0 aliphatic carbocycles. The third-order valence-electron chi connectivity index (χ3n) is 6.17. The minimum atomic E-state index is -0.337. The number of benzene rings is 1. The van der Waals surface area contributed by atoms with Crippen LogP contribution in [0.5, 0.6) is 0 Å². The lowest BCUT2D eigenvalue weighted by atomic mass is 9.96. The average Bonchev–Trinajstić information content (AvgIpc) is 3.33. The number of carbonyl (C=O) groups is 2. The molecular formula is C20H27N3O2. The highest BCUT2D eigenvalue weighted by atomic mass is 16.2. The second-order valence-corrected chi connectivity index (χ2v) is 7.47. The summed E-state index contributed by atoms with van der Waals surface area (Å²) in [4.78, 5) is 30.0. The molecule has 1 aromatic carbocycles. The number of carbonyl (C=O) groups excluding carboxylic acids is 2. The number of anilines is 1. The zero-order valence-corrected chi connectivity index (χ0v) is 14.9. The lowest BCUT2D eigenvalue weighted by Crippen LogP contribution is -2.48. The van der Waals surface area contributed by atoms with Crippen LogP contribution in [-0.2, 0) is 9.59 Å². The molecular weight excluding hydrogens is 314 g/mol. The molecule has 3 heterocycles. The molecule has 3 atom stereocenters. The number of likely N-dealkylation sites (N-methyl/N-ethyl adjacent to an activating group) is 1. The molecule has 5 heteroatoms. The summed E-state index contributed by atoms with van der Waals surface area (Å²) < 4.78 is 0. The van der Waals surface area contributed by atoms with E-state index in [0.29, 0.717) is 12.1 Å². The van der Waals surface area contributed by atoms with Gasteiger partial charge in [0, 0.05) is 30.7 Å². The van der Waals surface area contributed by atoms with Crippen LogP contribution in [0.15, 0.2) is 24.3 Å². The van der Waals surface area contributed by atoms with Crippen LogP contribution in [0.3, 0.4) is 0 Å². The number of para-hydroxylation sites is 1. The van der Waals surface area contributed by atoms with Crippen molar-refractivity contribution < 1.29 is 9.59 Å². The molecule has 2 amide bonds. The summed E-state index contributed by atoms with van der Waals surface area (Å²) in [7, 11) is 0. The Morgan fingerprint density at radius 2 is 1.92 bits per heavy atom. The van der Waals surface area contributed by atoms with Crippen molar-refractivity contribution in [1.82, 2.24) is 9.80 Å². The molecule has 3 aliphatic rings. The minimum Gasteiger partial charge on any atom is -0.338 e. The summed E-state index contributed by atoms with van der Waals surface area (Å²) in [6.45, 7) is 5.26. The van der Waals surface area contributed by atoms with Gasteiger partial charge in [0.05, 0.1) is 5.92 Å². The lowest BCUT2D eigenvalue weighted by molar-refractivity contribution is -0.135. The van der Waals surface area contributed by atoms with E-state index >= 15 is 0 Å². The molecule has 0 radical (unpaired) electrons. The summed E-state index contributed by atoms with van der Waals surface area (Å²) in [5.41, 5.74) is 1.82. The fourth-order valence-corrected chi connectivity index (χ4v) is 4.95. The van der Waals surface area contributed by atoms with Gasteiger partial charge in [-0.05, 0) is 50.4 Å². The Kier molecular flexibility index (Phi) is 4.50. The van der Waals surface area contributed by atoms with Gasteiger partial charge in [-0.1, -0.05) is 25.1 Å². The van der Waals surface area contributed by atoms with Gasteiger partial charge in [-0.2, -0.15) is 0 Å². The van der Waals surface area contributed by atoms with E-state index in [4.69, 9.17) is 0 Å². The molecule has 0 aromatic heterocycles. The third kappa shape index (κ3) is 2.95. The molecule has 0 bridgehead atoms. The van der Waals surface area contributed by atoms with Crippen molar-refractivity contribution in [3.63, 3.8) is 0 Å². The van der Waals surface area contributed by atoms with Crippen LogP contribution in [0.25, 0.3) is 0 Å². The average molecular weight is 341 g/mol. The molecule has 3 aliphatic heterocycles. The summed E-state index contributed by atoms with van der Waals surface area (Å²) >= 11 is 0. The molecule has 3 unspecified atom stereocenters. The van der Waals surface area contributed by atoms with Crippen molar-refractivity contribution in [2.24, 2.45) is 0 Å². The predicted molar refractivity (Wildman–Crippen MR) is 97.4 cm³/mol. The van der Waals surface area contributed by atoms with Crippen molar-refractivity contribution >= 4 is 17.5 Å². The van der Waals surface area contributed by atoms with Gasteiger partial charge in [0.1, 0.15) is 0 Å². The standard InChI is InChI=1S/C20H27N3O2/c1-2-22-11-5-9-17(22)18-10-6-12-23(18)19(24)13-15-14-7-3-4-8-16(14)21-20(15)25/h3-4,7-8,15,17-18H,2,5-6,9-13H2,1H3,(H,21,25). The first-order chi connectivity index (χ1) is 12.2. The largest absolute Gasteiger partial charge is 0.338 e. The third-order valence-corrected chi connectivity index (χ3v) is 6.17. The fourth-order valence-electron chi connectivity index (χ4n) is 4.95. The molecule has 134 valence electrons. The Labute approximate surface area is 149 Å². The number of hydrogen-bond acceptors (Lipinski definition) is 3. The lowest BCUT2D eigenvalue weighted by Gasteiger charge is -2.35. The number of nitrogens with one attached hydrogen (secondary N) is 1. The maximum Gasteiger partial charge on any atom is 0.232 e. The smallest absolute Gasteiger partial charge is 0.232 e. The molecule has 1 aromatic rings. The van der Waals surface area contributed by atoms with E-state index in [2.05, 4.69) is 22.0 Å². The van der Waals surface area contributed by atoms with Gasteiger partial charge in [0.15, 0.2) is 0 Å². The predicted octanol–water partition coefficient (Wildman–Crippen LogP) is 2.59. The van der Waals surface area contributed by atoms with Crippen LogP contribution in [0, 0.1) is 0 Å². The van der Waals surface area contributed by atoms with Crippen LogP contribution in [0.1, 0.15) is 50.5 Å². The van der Waals surface area contributed by atoms with Gasteiger partial charge >= 0.3 is 0 Å². The fraction of sp³-hybridized carbons (Fsp3) is 0.600. The molecule has 1 N–H and O–H groups in total. The molecule has 5 nitrogen and oxygen atoms in total. The van der Waals surface area contributed by atoms with E-state index in [1.54, 1.807) is 0 Å². The van der Waals surface area contributed by atoms with Crippen molar-refractivity contribution in [3.05, 3.63) is 29.8 Å². The van der Waals surface area contributed by atoms with E-state index in [9.17, 15) is 9.59 Å². The molecule has 4 rings (SSSR count). The second kappa shape index (κ2) is 6.79. The topological polar surface area (TPSA) is 52.7 Å². The maximum atomic E-state index is 13.0. The molecule has 25 heavy (non-hydrogen) atoms. The van der Waals surface area contributed by atoms with Crippen molar-refractivity contribution in [2.45, 2.75) is 57.0 Å². The summed E-state index contributed by atoms with van der Waals surface area (Å²) in [5.74, 6) is -0.237. The van der Waals surface area contributed by atoms with E-state index in [1.807, 2.05) is 24.3 Å². The van der Waals surface area contributed by atoms with E-state index in [0.717, 1.165) is 43.7 Å². The number of fused-ring (bicyclic) bond motifs is 1. The Morgan fingerprint density at radius 1 is 1.16 bits per heavy atom. The van der Waals surface area contributed by atoms with Gasteiger partial charge in [0.2, 0.25) is 11.8 Å². The quantitative estimate of drug-likeness (QED) is 0.916. The van der Waals surface area contributed by atoms with E-state index < -0.39 is 0 Å². The Balaban J connectivity index is 1.48. The van der Waals surface area contributed by atoms with E-state index in [1.165, 1.54) is 12.8 Å². The number of nitrogens with zero attached hydrogens (tertiary/aromatic N) is 2. The molecule has 0 spiro atoms. The van der Waals surface area contributed by atoms with Gasteiger partial charge < -0.3 is 10.2 Å². The molecule has 0 saturated carbocycles. The minimum absolute atomic E-state index is 0.0404. The van der Waals surface area contributed by atoms with E-state index in [-0.39, 0.29) is 24.2 Å². The van der Waals surface area contributed by atoms with Gasteiger partial charge in [-0.3, -0.25) is 14.5 Å². The van der Waals surface area contributed by atoms with Crippen molar-refractivity contribution in [3.8, 4) is 0 Å². The molecule has 2 saturated heterocycles. The number of rotatable bonds is 4. The zero-order chi connectivity index (χ0) is 17.4. The first-order valence-corrected chi connectivity index (χ1v) is 9.62. The summed E-state index contributed by atoms with van der Waals surface area (Å²) in [5, 5.41) is 2.91. The van der Waals surface area contributed by atoms with Crippen LogP contribution in [-0.4, -0.2) is 53.3 Å². The molecule has 2 fully saturated rings. The highest BCUT2D eigenvalue weighted by Crippen LogP contribution is 2.36. The highest BCUT2D eigenvalue weighted by molar-refractivity contribution is 6.04. The van der Waals surface area contributed by atoms with Crippen LogP contribution < -0.4 is 5.32 Å². The number of amides is 2. The Bertz CT molecular complexity index is 675. The maximum absolute atomic E-state index is 13.0.